The van der Waals surface area contributed by atoms with Gasteiger partial charge in [-0.25, -0.2) is 8.42 Å². The highest BCUT2D eigenvalue weighted by molar-refractivity contribution is 7.90. The number of likely N-dealkylation sites (N-methyl/N-ethyl adjacent to an activating group) is 1. The molecule has 1 aromatic rings. The van der Waals surface area contributed by atoms with E-state index in [-0.39, 0.29) is 17.0 Å². The van der Waals surface area contributed by atoms with Crippen molar-refractivity contribution in [2.75, 3.05) is 13.3 Å². The molecule has 0 fully saturated rings. The molecular formula is C10H19N3O2S. The Bertz CT molecular complexity index is 435. The molecule has 1 rings (SSSR count). The van der Waals surface area contributed by atoms with Crippen LogP contribution < -0.4 is 5.32 Å². The van der Waals surface area contributed by atoms with Gasteiger partial charge in [-0.3, -0.25) is 4.68 Å². The summed E-state index contributed by atoms with van der Waals surface area (Å²) in [7, 11) is -1.26. The first-order valence-electron chi connectivity index (χ1n) is 5.31. The summed E-state index contributed by atoms with van der Waals surface area (Å²) in [5, 5.41) is 7.28. The third-order valence-electron chi connectivity index (χ3n) is 2.82. The number of nitrogens with one attached hydrogen (secondary N) is 1. The van der Waals surface area contributed by atoms with Gasteiger partial charge in [0.15, 0.2) is 9.84 Å². The van der Waals surface area contributed by atoms with Gasteiger partial charge in [-0.05, 0) is 20.4 Å². The lowest BCUT2D eigenvalue weighted by Gasteiger charge is -2.22. The summed E-state index contributed by atoms with van der Waals surface area (Å²) in [4.78, 5) is 0.269. The third-order valence-corrected chi connectivity index (χ3v) is 3.88. The average Bonchev–Trinajstić information content (AvgIpc) is 2.67. The van der Waals surface area contributed by atoms with Crippen LogP contribution in [0, 0.1) is 0 Å². The number of aromatic nitrogens is 2. The second kappa shape index (κ2) is 4.97. The molecule has 0 amide bonds. The van der Waals surface area contributed by atoms with Crippen LogP contribution in [-0.2, 0) is 9.84 Å². The van der Waals surface area contributed by atoms with Gasteiger partial charge in [0, 0.05) is 18.5 Å². The van der Waals surface area contributed by atoms with E-state index in [2.05, 4.69) is 17.3 Å². The lowest BCUT2D eigenvalue weighted by molar-refractivity contribution is 0.355. The Hall–Kier alpha value is -0.880. The maximum atomic E-state index is 11.3. The lowest BCUT2D eigenvalue weighted by Crippen LogP contribution is -2.33. The topological polar surface area (TPSA) is 64.0 Å². The monoisotopic (exact) mass is 245 g/mol. The molecule has 0 aliphatic carbocycles. The Balaban J connectivity index is 2.94. The second-order valence-corrected chi connectivity index (χ2v) is 5.99. The quantitative estimate of drug-likeness (QED) is 0.835. The molecule has 0 radical (unpaired) electrons. The highest BCUT2D eigenvalue weighted by atomic mass is 32.2. The Morgan fingerprint density at radius 3 is 2.56 bits per heavy atom. The first-order chi connectivity index (χ1) is 7.40. The maximum absolute atomic E-state index is 11.3. The molecule has 0 saturated carbocycles. The van der Waals surface area contributed by atoms with Crippen molar-refractivity contribution in [3.8, 4) is 0 Å². The molecule has 5 nitrogen and oxygen atoms in total. The zero-order valence-corrected chi connectivity index (χ0v) is 11.0. The van der Waals surface area contributed by atoms with Crippen molar-refractivity contribution >= 4 is 9.84 Å². The van der Waals surface area contributed by atoms with Gasteiger partial charge in [0.2, 0.25) is 0 Å². The third kappa shape index (κ3) is 2.82. The second-order valence-electron chi connectivity index (χ2n) is 3.97. The molecule has 6 heteroatoms. The maximum Gasteiger partial charge on any atom is 0.178 e. The fraction of sp³-hybridized carbons (Fsp3) is 0.700. The van der Waals surface area contributed by atoms with Crippen LogP contribution in [-0.4, -0.2) is 37.5 Å². The first-order valence-corrected chi connectivity index (χ1v) is 7.20. The van der Waals surface area contributed by atoms with Crippen molar-refractivity contribution < 1.29 is 8.42 Å². The Labute approximate surface area is 96.8 Å². The highest BCUT2D eigenvalue weighted by Gasteiger charge is 2.18. The molecule has 0 aliphatic heterocycles. The van der Waals surface area contributed by atoms with Gasteiger partial charge in [0.1, 0.15) is 4.90 Å². The van der Waals surface area contributed by atoms with E-state index < -0.39 is 9.84 Å². The summed E-state index contributed by atoms with van der Waals surface area (Å²) in [6, 6.07) is 0.415. The summed E-state index contributed by atoms with van der Waals surface area (Å²) >= 11 is 0. The van der Waals surface area contributed by atoms with Crippen LogP contribution in [0.3, 0.4) is 0 Å². The molecule has 1 aromatic heterocycles. The van der Waals surface area contributed by atoms with Crippen LogP contribution in [0.25, 0.3) is 0 Å². The minimum absolute atomic E-state index is 0.130. The van der Waals surface area contributed by atoms with Crippen LogP contribution in [0.2, 0.25) is 0 Å². The molecular weight excluding hydrogens is 226 g/mol. The predicted molar refractivity (Wildman–Crippen MR) is 63.2 cm³/mol. The van der Waals surface area contributed by atoms with Crippen LogP contribution in [0.5, 0.6) is 0 Å². The summed E-state index contributed by atoms with van der Waals surface area (Å²) in [5.41, 5.74) is 0. The number of rotatable bonds is 5. The molecule has 1 heterocycles. The van der Waals surface area contributed by atoms with Crippen molar-refractivity contribution in [3.05, 3.63) is 12.4 Å². The number of hydrogen-bond acceptors (Lipinski definition) is 4. The molecule has 0 bridgehead atoms. The predicted octanol–water partition coefficient (Wildman–Crippen LogP) is 0.846. The van der Waals surface area contributed by atoms with Gasteiger partial charge in [-0.15, -0.1) is 0 Å². The van der Waals surface area contributed by atoms with Crippen molar-refractivity contribution in [1.82, 2.24) is 15.1 Å². The average molecular weight is 245 g/mol. The summed E-state index contributed by atoms with van der Waals surface area (Å²) < 4.78 is 24.3. The Morgan fingerprint density at radius 2 is 2.19 bits per heavy atom. The Kier molecular flexibility index (Phi) is 4.09. The molecule has 2 unspecified atom stereocenters. The van der Waals surface area contributed by atoms with Crippen LogP contribution in [0.4, 0.5) is 0 Å². The molecule has 1 N–H and O–H groups in total. The minimum atomic E-state index is -3.16. The van der Waals surface area contributed by atoms with Crippen molar-refractivity contribution in [1.29, 1.82) is 0 Å². The number of nitrogens with zero attached hydrogens (tertiary/aromatic N) is 2. The highest BCUT2D eigenvalue weighted by Crippen LogP contribution is 2.15. The van der Waals surface area contributed by atoms with Gasteiger partial charge in [-0.2, -0.15) is 5.10 Å². The first kappa shape index (κ1) is 13.2. The van der Waals surface area contributed by atoms with E-state index in [1.165, 1.54) is 12.5 Å². The van der Waals surface area contributed by atoms with Crippen LogP contribution in [0.15, 0.2) is 17.3 Å². The molecule has 0 spiro atoms. The number of sulfone groups is 1. The smallest absolute Gasteiger partial charge is 0.178 e. The van der Waals surface area contributed by atoms with Crippen LogP contribution >= 0.6 is 0 Å². The van der Waals surface area contributed by atoms with E-state index in [0.29, 0.717) is 0 Å². The standard InChI is InChI=1S/C10H19N3O2S/c1-5-10(11-3)8(2)13-7-9(6-12-13)16(4,14)15/h6-8,10-11H,5H2,1-4H3. The SMILES string of the molecule is CCC(NC)C(C)n1cc(S(C)(=O)=O)cn1. The van der Waals surface area contributed by atoms with E-state index in [4.69, 9.17) is 0 Å². The summed E-state index contributed by atoms with van der Waals surface area (Å²) in [5.74, 6) is 0. The molecule has 92 valence electrons. The van der Waals surface area contributed by atoms with E-state index in [9.17, 15) is 8.42 Å². The van der Waals surface area contributed by atoms with Crippen molar-refractivity contribution in [2.24, 2.45) is 0 Å². The van der Waals surface area contributed by atoms with E-state index in [1.54, 1.807) is 10.9 Å². The van der Waals surface area contributed by atoms with E-state index in [1.807, 2.05) is 14.0 Å². The zero-order chi connectivity index (χ0) is 12.3. The van der Waals surface area contributed by atoms with E-state index in [0.717, 1.165) is 6.42 Å². The largest absolute Gasteiger partial charge is 0.315 e. The van der Waals surface area contributed by atoms with E-state index >= 15 is 0 Å². The molecule has 16 heavy (non-hydrogen) atoms. The lowest BCUT2D eigenvalue weighted by atomic mass is 10.1. The molecule has 0 aromatic carbocycles. The van der Waals surface area contributed by atoms with Crippen molar-refractivity contribution in [3.63, 3.8) is 0 Å². The van der Waals surface area contributed by atoms with Crippen LogP contribution in [0.1, 0.15) is 26.3 Å². The van der Waals surface area contributed by atoms with Crippen molar-refractivity contribution in [2.45, 2.75) is 37.2 Å². The van der Waals surface area contributed by atoms with Gasteiger partial charge >= 0.3 is 0 Å². The summed E-state index contributed by atoms with van der Waals surface area (Å²) in [6.45, 7) is 4.10. The van der Waals surface area contributed by atoms with Gasteiger partial charge in [-0.1, -0.05) is 6.92 Å². The Morgan fingerprint density at radius 1 is 1.56 bits per heavy atom. The molecule has 0 aliphatic rings. The summed E-state index contributed by atoms with van der Waals surface area (Å²) in [6.07, 6.45) is 5.13. The minimum Gasteiger partial charge on any atom is -0.315 e. The molecule has 2 atom stereocenters. The van der Waals surface area contributed by atoms with Gasteiger partial charge in [0.05, 0.1) is 12.2 Å². The fourth-order valence-electron chi connectivity index (χ4n) is 1.71. The molecule has 0 saturated heterocycles. The fourth-order valence-corrected chi connectivity index (χ4v) is 2.24. The normalized spacial score (nSPS) is 16.0. The van der Waals surface area contributed by atoms with Gasteiger partial charge in [0.25, 0.3) is 0 Å². The zero-order valence-electron chi connectivity index (χ0n) is 10.1. The number of hydrogen-bond donors (Lipinski definition) is 1. The van der Waals surface area contributed by atoms with Gasteiger partial charge < -0.3 is 5.32 Å².